The summed E-state index contributed by atoms with van der Waals surface area (Å²) in [6.45, 7) is 7.06. The van der Waals surface area contributed by atoms with Crippen molar-refractivity contribution in [3.8, 4) is 0 Å². The number of aliphatic hydroxyl groups is 1. The predicted molar refractivity (Wildman–Crippen MR) is 82.8 cm³/mol. The summed E-state index contributed by atoms with van der Waals surface area (Å²) in [4.78, 5) is 4.01. The second kappa shape index (κ2) is 6.06. The van der Waals surface area contributed by atoms with Crippen LogP contribution in [0.3, 0.4) is 0 Å². The van der Waals surface area contributed by atoms with Crippen LogP contribution in [0.25, 0.3) is 0 Å². The highest BCUT2D eigenvalue weighted by Crippen LogP contribution is 2.23. The molecule has 3 heteroatoms. The summed E-state index contributed by atoms with van der Waals surface area (Å²) >= 11 is 0. The first-order valence-electron chi connectivity index (χ1n) is 6.89. The van der Waals surface area contributed by atoms with Crippen molar-refractivity contribution in [2.45, 2.75) is 32.3 Å². The number of nitrogens with zero attached hydrogens (tertiary/aromatic N) is 1. The van der Waals surface area contributed by atoms with E-state index in [0.29, 0.717) is 6.54 Å². The van der Waals surface area contributed by atoms with E-state index in [1.807, 2.05) is 12.1 Å². The topological polar surface area (TPSA) is 45.1 Å². The zero-order chi connectivity index (χ0) is 14.6. The van der Waals surface area contributed by atoms with Crippen molar-refractivity contribution < 1.29 is 5.11 Å². The average Bonchev–Trinajstić information content (AvgIpc) is 2.45. The summed E-state index contributed by atoms with van der Waals surface area (Å²) in [7, 11) is 0. The lowest BCUT2D eigenvalue weighted by Crippen LogP contribution is -2.13. The number of anilines is 1. The van der Waals surface area contributed by atoms with Gasteiger partial charge in [-0.25, -0.2) is 0 Å². The van der Waals surface area contributed by atoms with Crippen LogP contribution in [-0.4, -0.2) is 16.6 Å². The van der Waals surface area contributed by atoms with Gasteiger partial charge in [0.2, 0.25) is 0 Å². The standard InChI is InChI=1S/C17H22N2O/c1-17(2,3)14-6-8-15(9-7-14)19-12-16(20)13-5-4-10-18-11-13/h4-11,16,19-20H,12H2,1-3H3. The van der Waals surface area contributed by atoms with Crippen molar-refractivity contribution in [3.63, 3.8) is 0 Å². The van der Waals surface area contributed by atoms with Gasteiger partial charge in [0.05, 0.1) is 6.10 Å². The van der Waals surface area contributed by atoms with E-state index in [1.165, 1.54) is 5.56 Å². The number of rotatable bonds is 4. The van der Waals surface area contributed by atoms with Crippen LogP contribution < -0.4 is 5.32 Å². The smallest absolute Gasteiger partial charge is 0.0977 e. The minimum Gasteiger partial charge on any atom is -0.387 e. The minimum atomic E-state index is -0.550. The predicted octanol–water partition coefficient (Wildman–Crippen LogP) is 3.52. The quantitative estimate of drug-likeness (QED) is 0.893. The van der Waals surface area contributed by atoms with E-state index in [-0.39, 0.29) is 5.41 Å². The molecule has 20 heavy (non-hydrogen) atoms. The van der Waals surface area contributed by atoms with Gasteiger partial charge in [0.25, 0.3) is 0 Å². The first kappa shape index (κ1) is 14.5. The molecule has 1 aromatic carbocycles. The summed E-state index contributed by atoms with van der Waals surface area (Å²) in [5.74, 6) is 0. The lowest BCUT2D eigenvalue weighted by molar-refractivity contribution is 0.191. The number of nitrogens with one attached hydrogen (secondary N) is 1. The van der Waals surface area contributed by atoms with Gasteiger partial charge in [0.15, 0.2) is 0 Å². The Bertz CT molecular complexity index is 529. The largest absolute Gasteiger partial charge is 0.387 e. The highest BCUT2D eigenvalue weighted by atomic mass is 16.3. The summed E-state index contributed by atoms with van der Waals surface area (Å²) in [6, 6.07) is 12.1. The maximum absolute atomic E-state index is 10.1. The van der Waals surface area contributed by atoms with Crippen molar-refractivity contribution in [2.75, 3.05) is 11.9 Å². The summed E-state index contributed by atoms with van der Waals surface area (Å²) in [6.07, 6.45) is 2.84. The molecule has 1 unspecified atom stereocenters. The number of pyridine rings is 1. The van der Waals surface area contributed by atoms with Gasteiger partial charge in [0, 0.05) is 30.2 Å². The van der Waals surface area contributed by atoms with Crippen molar-refractivity contribution in [2.24, 2.45) is 0 Å². The number of hydrogen-bond donors (Lipinski definition) is 2. The van der Waals surface area contributed by atoms with Crippen molar-refractivity contribution in [1.82, 2.24) is 4.98 Å². The molecule has 0 aliphatic carbocycles. The fraction of sp³-hybridized carbons (Fsp3) is 0.353. The van der Waals surface area contributed by atoms with Gasteiger partial charge in [-0.2, -0.15) is 0 Å². The lowest BCUT2D eigenvalue weighted by Gasteiger charge is -2.19. The molecule has 2 N–H and O–H groups in total. The van der Waals surface area contributed by atoms with Gasteiger partial charge in [0.1, 0.15) is 0 Å². The number of aromatic nitrogens is 1. The average molecular weight is 270 g/mol. The van der Waals surface area contributed by atoms with E-state index in [4.69, 9.17) is 0 Å². The molecular weight excluding hydrogens is 248 g/mol. The molecular formula is C17H22N2O. The van der Waals surface area contributed by atoms with Gasteiger partial charge >= 0.3 is 0 Å². The third-order valence-electron chi connectivity index (χ3n) is 3.32. The van der Waals surface area contributed by atoms with Crippen LogP contribution in [-0.2, 0) is 5.41 Å². The van der Waals surface area contributed by atoms with E-state index >= 15 is 0 Å². The molecule has 1 heterocycles. The Morgan fingerprint density at radius 1 is 1.15 bits per heavy atom. The molecule has 0 fully saturated rings. The van der Waals surface area contributed by atoms with Gasteiger partial charge in [-0.1, -0.05) is 39.0 Å². The zero-order valence-corrected chi connectivity index (χ0v) is 12.3. The summed E-state index contributed by atoms with van der Waals surface area (Å²) < 4.78 is 0. The lowest BCUT2D eigenvalue weighted by atomic mass is 9.87. The molecule has 0 saturated heterocycles. The van der Waals surface area contributed by atoms with E-state index < -0.39 is 6.10 Å². The molecule has 0 amide bonds. The van der Waals surface area contributed by atoms with Crippen molar-refractivity contribution in [3.05, 3.63) is 59.9 Å². The van der Waals surface area contributed by atoms with Crippen molar-refractivity contribution >= 4 is 5.69 Å². The normalized spacial score (nSPS) is 13.0. The monoisotopic (exact) mass is 270 g/mol. The van der Waals surface area contributed by atoms with E-state index in [1.54, 1.807) is 12.4 Å². The molecule has 2 aromatic rings. The maximum Gasteiger partial charge on any atom is 0.0977 e. The molecule has 3 nitrogen and oxygen atoms in total. The first-order valence-corrected chi connectivity index (χ1v) is 6.89. The Hall–Kier alpha value is -1.87. The van der Waals surface area contributed by atoms with E-state index in [9.17, 15) is 5.11 Å². The molecule has 2 rings (SSSR count). The highest BCUT2D eigenvalue weighted by Gasteiger charge is 2.13. The Morgan fingerprint density at radius 2 is 1.85 bits per heavy atom. The fourth-order valence-electron chi connectivity index (χ4n) is 1.99. The Morgan fingerprint density at radius 3 is 2.40 bits per heavy atom. The Balaban J connectivity index is 1.94. The highest BCUT2D eigenvalue weighted by molar-refractivity contribution is 5.46. The van der Waals surface area contributed by atoms with Gasteiger partial charge in [-0.3, -0.25) is 4.98 Å². The van der Waals surface area contributed by atoms with Crippen LogP contribution in [0.4, 0.5) is 5.69 Å². The van der Waals surface area contributed by atoms with Crippen LogP contribution in [0.5, 0.6) is 0 Å². The second-order valence-corrected chi connectivity index (χ2v) is 6.01. The molecule has 0 aliphatic rings. The first-order chi connectivity index (χ1) is 9.47. The number of benzene rings is 1. The molecule has 106 valence electrons. The zero-order valence-electron chi connectivity index (χ0n) is 12.3. The third kappa shape index (κ3) is 3.81. The number of hydrogen-bond acceptors (Lipinski definition) is 3. The maximum atomic E-state index is 10.1. The van der Waals surface area contributed by atoms with Crippen LogP contribution in [0, 0.1) is 0 Å². The SMILES string of the molecule is CC(C)(C)c1ccc(NCC(O)c2cccnc2)cc1. The van der Waals surface area contributed by atoms with Gasteiger partial charge in [-0.05, 0) is 29.2 Å². The van der Waals surface area contributed by atoms with E-state index in [2.05, 4.69) is 55.3 Å². The molecule has 0 aliphatic heterocycles. The van der Waals surface area contributed by atoms with Gasteiger partial charge in [-0.15, -0.1) is 0 Å². The molecule has 1 aromatic heterocycles. The molecule has 0 saturated carbocycles. The minimum absolute atomic E-state index is 0.160. The Labute approximate surface area is 120 Å². The summed E-state index contributed by atoms with van der Waals surface area (Å²) in [5.41, 5.74) is 3.30. The van der Waals surface area contributed by atoms with Crippen LogP contribution >= 0.6 is 0 Å². The van der Waals surface area contributed by atoms with Crippen LogP contribution in [0.2, 0.25) is 0 Å². The fourth-order valence-corrected chi connectivity index (χ4v) is 1.99. The molecule has 0 spiro atoms. The second-order valence-electron chi connectivity index (χ2n) is 6.01. The Kier molecular flexibility index (Phi) is 4.40. The van der Waals surface area contributed by atoms with E-state index in [0.717, 1.165) is 11.3 Å². The van der Waals surface area contributed by atoms with Gasteiger partial charge < -0.3 is 10.4 Å². The summed E-state index contributed by atoms with van der Waals surface area (Å²) in [5, 5.41) is 13.3. The van der Waals surface area contributed by atoms with Crippen LogP contribution in [0.15, 0.2) is 48.8 Å². The molecule has 0 bridgehead atoms. The molecule has 0 radical (unpaired) electrons. The van der Waals surface area contributed by atoms with Crippen LogP contribution in [0.1, 0.15) is 38.0 Å². The van der Waals surface area contributed by atoms with Crippen molar-refractivity contribution in [1.29, 1.82) is 0 Å². The molecule has 1 atom stereocenters. The number of aliphatic hydroxyl groups excluding tert-OH is 1. The third-order valence-corrected chi connectivity index (χ3v) is 3.32.